The van der Waals surface area contributed by atoms with Crippen molar-refractivity contribution in [3.05, 3.63) is 24.1 Å². The van der Waals surface area contributed by atoms with Gasteiger partial charge in [-0.3, -0.25) is 9.98 Å². The van der Waals surface area contributed by atoms with Gasteiger partial charge in [0.25, 0.3) is 0 Å². The molecule has 1 rings (SSSR count). The molecule has 1 aliphatic heterocycles. The van der Waals surface area contributed by atoms with Crippen molar-refractivity contribution < 1.29 is 4.74 Å². The molecule has 52 valence electrons. The highest BCUT2D eigenvalue weighted by atomic mass is 16.5. The van der Waals surface area contributed by atoms with Gasteiger partial charge >= 0.3 is 0 Å². The predicted octanol–water partition coefficient (Wildman–Crippen LogP) is 1.14. The summed E-state index contributed by atoms with van der Waals surface area (Å²) in [6.45, 7) is 3.32. The zero-order valence-corrected chi connectivity index (χ0v) is 5.74. The van der Waals surface area contributed by atoms with Crippen LogP contribution in [-0.2, 0) is 4.74 Å². The molecule has 0 bridgehead atoms. The second-order valence-electron chi connectivity index (χ2n) is 1.72. The van der Waals surface area contributed by atoms with Crippen LogP contribution in [0.3, 0.4) is 0 Å². The van der Waals surface area contributed by atoms with Crippen LogP contribution in [0.1, 0.15) is 0 Å². The van der Waals surface area contributed by atoms with Gasteiger partial charge in [0.2, 0.25) is 5.90 Å². The fourth-order valence-electron chi connectivity index (χ4n) is 0.690. The van der Waals surface area contributed by atoms with E-state index in [1.807, 2.05) is 0 Å². The van der Waals surface area contributed by atoms with Crippen molar-refractivity contribution in [1.82, 2.24) is 0 Å². The summed E-state index contributed by atoms with van der Waals surface area (Å²) in [4.78, 5) is 7.46. The summed E-state index contributed by atoms with van der Waals surface area (Å²) in [6.07, 6.45) is 4.96. The van der Waals surface area contributed by atoms with Gasteiger partial charge in [-0.15, -0.1) is 0 Å². The van der Waals surface area contributed by atoms with Gasteiger partial charge in [0.05, 0.1) is 11.8 Å². The molecule has 0 aromatic carbocycles. The van der Waals surface area contributed by atoms with Crippen molar-refractivity contribution in [2.75, 3.05) is 7.05 Å². The lowest BCUT2D eigenvalue weighted by molar-refractivity contribution is 0.486. The highest BCUT2D eigenvalue weighted by Crippen LogP contribution is 2.09. The molecule has 3 nitrogen and oxygen atoms in total. The fourth-order valence-corrected chi connectivity index (χ4v) is 0.690. The summed E-state index contributed by atoms with van der Waals surface area (Å²) in [6, 6.07) is 0. The van der Waals surface area contributed by atoms with E-state index in [2.05, 4.69) is 16.7 Å². The van der Waals surface area contributed by atoms with Crippen molar-refractivity contribution in [2.45, 2.75) is 0 Å². The van der Waals surface area contributed by atoms with Crippen molar-refractivity contribution in [3.8, 4) is 0 Å². The molecule has 3 heteroatoms. The van der Waals surface area contributed by atoms with Crippen LogP contribution in [0.15, 0.2) is 34.1 Å². The largest absolute Gasteiger partial charge is 0.446 e. The zero-order chi connectivity index (χ0) is 7.40. The van der Waals surface area contributed by atoms with E-state index >= 15 is 0 Å². The lowest BCUT2D eigenvalue weighted by Crippen LogP contribution is -1.95. The van der Waals surface area contributed by atoms with E-state index in [1.165, 1.54) is 0 Å². The summed E-state index contributed by atoms with van der Waals surface area (Å²) >= 11 is 0. The molecule has 0 unspecified atom stereocenters. The quantitative estimate of drug-likeness (QED) is 0.498. The Morgan fingerprint density at radius 2 is 2.50 bits per heavy atom. The first-order valence-electron chi connectivity index (χ1n) is 2.85. The molecule has 0 amide bonds. The number of hydrogen-bond donors (Lipinski definition) is 0. The van der Waals surface area contributed by atoms with Crippen molar-refractivity contribution >= 4 is 12.6 Å². The van der Waals surface area contributed by atoms with Gasteiger partial charge in [0.1, 0.15) is 0 Å². The van der Waals surface area contributed by atoms with E-state index in [4.69, 9.17) is 4.74 Å². The molecule has 0 atom stereocenters. The van der Waals surface area contributed by atoms with Crippen molar-refractivity contribution in [1.29, 1.82) is 0 Å². The number of nitrogens with zero attached hydrogens (tertiary/aromatic N) is 2. The summed E-state index contributed by atoms with van der Waals surface area (Å²) in [5.41, 5.74) is 0.859. The van der Waals surface area contributed by atoms with Crippen LogP contribution in [-0.4, -0.2) is 19.7 Å². The van der Waals surface area contributed by atoms with Crippen LogP contribution in [0, 0.1) is 0 Å². The first-order valence-corrected chi connectivity index (χ1v) is 2.85. The third kappa shape index (κ3) is 1.13. The lowest BCUT2D eigenvalue weighted by atomic mass is 10.3. The van der Waals surface area contributed by atoms with Gasteiger partial charge in [-0.05, 0) is 12.8 Å². The average molecular weight is 136 g/mol. The molecule has 0 N–H and O–H groups in total. The summed E-state index contributed by atoms with van der Waals surface area (Å²) in [5, 5.41) is 0. The van der Waals surface area contributed by atoms with Crippen LogP contribution in [0.2, 0.25) is 0 Å². The zero-order valence-electron chi connectivity index (χ0n) is 5.74. The Morgan fingerprint density at radius 3 is 3.10 bits per heavy atom. The monoisotopic (exact) mass is 136 g/mol. The SMILES string of the molecule is C=N/C=C1/C=COC1=NC. The van der Waals surface area contributed by atoms with Gasteiger partial charge < -0.3 is 4.74 Å². The minimum atomic E-state index is 0.590. The molecule has 0 aromatic heterocycles. The molecule has 0 aliphatic carbocycles. The average Bonchev–Trinajstić information content (AvgIpc) is 2.36. The standard InChI is InChI=1S/C7H8N2O/c1-8-5-6-3-4-10-7(6)9-2/h3-5H,1H2,2H3/b6-5-,9-7?. The molecule has 0 spiro atoms. The topological polar surface area (TPSA) is 34.0 Å². The van der Waals surface area contributed by atoms with Gasteiger partial charge in [-0.1, -0.05) is 0 Å². The number of ether oxygens (including phenoxy) is 1. The van der Waals surface area contributed by atoms with Crippen LogP contribution >= 0.6 is 0 Å². The first-order chi connectivity index (χ1) is 4.88. The van der Waals surface area contributed by atoms with Gasteiger partial charge in [-0.25, -0.2) is 0 Å². The van der Waals surface area contributed by atoms with Gasteiger partial charge in [0.15, 0.2) is 0 Å². The molecule has 1 heterocycles. The molecule has 0 aromatic rings. The molecular formula is C7H8N2O. The van der Waals surface area contributed by atoms with E-state index in [1.54, 1.807) is 25.6 Å². The molecule has 0 radical (unpaired) electrons. The number of rotatable bonds is 1. The maximum atomic E-state index is 4.98. The molecule has 0 fully saturated rings. The van der Waals surface area contributed by atoms with Crippen molar-refractivity contribution in [3.63, 3.8) is 0 Å². The first kappa shape index (κ1) is 6.74. The second-order valence-corrected chi connectivity index (χ2v) is 1.72. The Balaban J connectivity index is 2.86. The van der Waals surface area contributed by atoms with Crippen LogP contribution < -0.4 is 0 Å². The molecule has 10 heavy (non-hydrogen) atoms. The molecule has 0 saturated carbocycles. The van der Waals surface area contributed by atoms with E-state index in [-0.39, 0.29) is 0 Å². The summed E-state index contributed by atoms with van der Waals surface area (Å²) < 4.78 is 4.98. The van der Waals surface area contributed by atoms with E-state index in [9.17, 15) is 0 Å². The predicted molar refractivity (Wildman–Crippen MR) is 41.2 cm³/mol. The Morgan fingerprint density at radius 1 is 1.70 bits per heavy atom. The van der Waals surface area contributed by atoms with Gasteiger partial charge in [-0.2, -0.15) is 0 Å². The summed E-state index contributed by atoms with van der Waals surface area (Å²) in [7, 11) is 1.67. The smallest absolute Gasteiger partial charge is 0.222 e. The lowest BCUT2D eigenvalue weighted by Gasteiger charge is -1.93. The molecule has 1 aliphatic rings. The van der Waals surface area contributed by atoms with E-state index in [0.29, 0.717) is 5.90 Å². The Kier molecular flexibility index (Phi) is 1.99. The molecular weight excluding hydrogens is 128 g/mol. The third-order valence-corrected chi connectivity index (χ3v) is 1.11. The summed E-state index contributed by atoms with van der Waals surface area (Å²) in [5.74, 6) is 0.590. The van der Waals surface area contributed by atoms with Gasteiger partial charge in [0, 0.05) is 13.2 Å². The van der Waals surface area contributed by atoms with Crippen LogP contribution in [0.4, 0.5) is 0 Å². The van der Waals surface area contributed by atoms with Crippen LogP contribution in [0.25, 0.3) is 0 Å². The Hall–Kier alpha value is -1.38. The third-order valence-electron chi connectivity index (χ3n) is 1.11. The highest BCUT2D eigenvalue weighted by molar-refractivity contribution is 5.98. The minimum absolute atomic E-state index is 0.590. The maximum absolute atomic E-state index is 4.98. The van der Waals surface area contributed by atoms with E-state index < -0.39 is 0 Å². The second kappa shape index (κ2) is 2.96. The fraction of sp³-hybridized carbons (Fsp3) is 0.143. The maximum Gasteiger partial charge on any atom is 0.222 e. The van der Waals surface area contributed by atoms with E-state index in [0.717, 1.165) is 5.57 Å². The Labute approximate surface area is 59.4 Å². The Bertz CT molecular complexity index is 226. The minimum Gasteiger partial charge on any atom is -0.446 e. The molecule has 0 saturated heterocycles. The highest BCUT2D eigenvalue weighted by Gasteiger charge is 2.08. The number of hydrogen-bond acceptors (Lipinski definition) is 3. The normalized spacial score (nSPS) is 23.7. The van der Waals surface area contributed by atoms with Crippen LogP contribution in [0.5, 0.6) is 0 Å². The number of aliphatic imine (C=N–C) groups is 2. The van der Waals surface area contributed by atoms with Crippen molar-refractivity contribution in [2.24, 2.45) is 9.98 Å².